The van der Waals surface area contributed by atoms with Gasteiger partial charge in [-0.1, -0.05) is 13.8 Å². The number of hydrogen-bond acceptors (Lipinski definition) is 3. The van der Waals surface area contributed by atoms with E-state index in [1.807, 2.05) is 7.11 Å². The lowest BCUT2D eigenvalue weighted by Gasteiger charge is -2.36. The van der Waals surface area contributed by atoms with Gasteiger partial charge in [0.2, 0.25) is 0 Å². The van der Waals surface area contributed by atoms with Crippen LogP contribution in [0.15, 0.2) is 15.9 Å². The van der Waals surface area contributed by atoms with Crippen molar-refractivity contribution in [2.24, 2.45) is 0 Å². The number of nitrogens with one attached hydrogen (secondary N) is 1. The van der Waals surface area contributed by atoms with Crippen LogP contribution in [0.4, 0.5) is 0 Å². The van der Waals surface area contributed by atoms with Crippen LogP contribution in [0.2, 0.25) is 0 Å². The number of hydrogen-bond donors (Lipinski definition) is 1. The Labute approximate surface area is 123 Å². The number of thiophene rings is 1. The third-order valence-electron chi connectivity index (χ3n) is 3.57. The first-order valence-electron chi connectivity index (χ1n) is 6.57. The SMILES string of the molecule is CCCNC(Cc1cc(Br)cs1)C(C)(CC)OC. The molecule has 0 aliphatic heterocycles. The van der Waals surface area contributed by atoms with Crippen LogP contribution in [0.1, 0.15) is 38.5 Å². The molecule has 1 aromatic rings. The van der Waals surface area contributed by atoms with E-state index >= 15 is 0 Å². The zero-order valence-corrected chi connectivity index (χ0v) is 14.2. The van der Waals surface area contributed by atoms with Gasteiger partial charge in [0, 0.05) is 27.9 Å². The van der Waals surface area contributed by atoms with Gasteiger partial charge in [-0.15, -0.1) is 11.3 Å². The maximum Gasteiger partial charge on any atom is 0.0803 e. The minimum absolute atomic E-state index is 0.106. The van der Waals surface area contributed by atoms with Crippen LogP contribution in [0.25, 0.3) is 0 Å². The van der Waals surface area contributed by atoms with E-state index in [4.69, 9.17) is 4.74 Å². The highest BCUT2D eigenvalue weighted by molar-refractivity contribution is 9.10. The van der Waals surface area contributed by atoms with Crippen LogP contribution in [0.3, 0.4) is 0 Å². The minimum atomic E-state index is -0.106. The molecular formula is C14H24BrNOS. The molecule has 0 aliphatic carbocycles. The lowest BCUT2D eigenvalue weighted by atomic mass is 9.90. The fourth-order valence-corrected chi connectivity index (χ4v) is 3.52. The van der Waals surface area contributed by atoms with Crippen LogP contribution in [0.5, 0.6) is 0 Å². The van der Waals surface area contributed by atoms with Gasteiger partial charge in [0.25, 0.3) is 0 Å². The van der Waals surface area contributed by atoms with E-state index in [2.05, 4.69) is 53.5 Å². The molecule has 0 bridgehead atoms. The summed E-state index contributed by atoms with van der Waals surface area (Å²) in [6, 6.07) is 2.56. The molecule has 1 heterocycles. The Balaban J connectivity index is 2.77. The molecule has 0 aromatic carbocycles. The molecule has 0 saturated heterocycles. The predicted octanol–water partition coefficient (Wildman–Crippen LogP) is 4.24. The summed E-state index contributed by atoms with van der Waals surface area (Å²) in [4.78, 5) is 1.40. The van der Waals surface area contributed by atoms with Crippen LogP contribution in [-0.2, 0) is 11.2 Å². The molecule has 1 N–H and O–H groups in total. The topological polar surface area (TPSA) is 21.3 Å². The third-order valence-corrected chi connectivity index (χ3v) is 5.29. The average molecular weight is 334 g/mol. The number of halogens is 1. The predicted molar refractivity (Wildman–Crippen MR) is 83.5 cm³/mol. The van der Waals surface area contributed by atoms with Gasteiger partial charge in [-0.25, -0.2) is 0 Å². The van der Waals surface area contributed by atoms with Crippen molar-refractivity contribution in [1.29, 1.82) is 0 Å². The Kier molecular flexibility index (Phi) is 6.85. The van der Waals surface area contributed by atoms with E-state index in [1.165, 1.54) is 9.35 Å². The van der Waals surface area contributed by atoms with E-state index in [0.29, 0.717) is 6.04 Å². The minimum Gasteiger partial charge on any atom is -0.377 e. The quantitative estimate of drug-likeness (QED) is 0.768. The van der Waals surface area contributed by atoms with Crippen molar-refractivity contribution < 1.29 is 4.74 Å². The first-order chi connectivity index (χ1) is 8.55. The van der Waals surface area contributed by atoms with Crippen molar-refractivity contribution in [3.05, 3.63) is 20.8 Å². The van der Waals surface area contributed by atoms with Crippen LogP contribution < -0.4 is 5.32 Å². The maximum absolute atomic E-state index is 5.76. The second kappa shape index (κ2) is 7.63. The average Bonchev–Trinajstić information content (AvgIpc) is 2.79. The molecule has 2 atom stereocenters. The highest BCUT2D eigenvalue weighted by Crippen LogP contribution is 2.26. The van der Waals surface area contributed by atoms with Crippen molar-refractivity contribution in [2.75, 3.05) is 13.7 Å². The van der Waals surface area contributed by atoms with E-state index in [1.54, 1.807) is 11.3 Å². The molecule has 0 fully saturated rings. The third kappa shape index (κ3) is 4.34. The van der Waals surface area contributed by atoms with Gasteiger partial charge in [-0.3, -0.25) is 0 Å². The summed E-state index contributed by atoms with van der Waals surface area (Å²) in [5, 5.41) is 5.78. The first kappa shape index (κ1) is 16.2. The van der Waals surface area contributed by atoms with Crippen molar-refractivity contribution in [2.45, 2.75) is 51.7 Å². The van der Waals surface area contributed by atoms with Gasteiger partial charge in [-0.05, 0) is 54.7 Å². The van der Waals surface area contributed by atoms with Crippen molar-refractivity contribution >= 4 is 27.3 Å². The summed E-state index contributed by atoms with van der Waals surface area (Å²) < 4.78 is 6.93. The zero-order valence-electron chi connectivity index (χ0n) is 11.8. The number of ether oxygens (including phenoxy) is 1. The van der Waals surface area contributed by atoms with Crippen molar-refractivity contribution in [3.63, 3.8) is 0 Å². The second-order valence-electron chi connectivity index (χ2n) is 4.81. The van der Waals surface area contributed by atoms with Gasteiger partial charge in [-0.2, -0.15) is 0 Å². The van der Waals surface area contributed by atoms with Crippen LogP contribution in [0, 0.1) is 0 Å². The molecule has 1 aromatic heterocycles. The highest BCUT2D eigenvalue weighted by atomic mass is 79.9. The molecule has 2 unspecified atom stereocenters. The standard InChI is InChI=1S/C14H24BrNOS/c1-5-7-16-13(14(3,6-2)17-4)9-12-8-11(15)10-18-12/h8,10,13,16H,5-7,9H2,1-4H3. The summed E-state index contributed by atoms with van der Waals surface area (Å²) in [7, 11) is 1.81. The van der Waals surface area contributed by atoms with Gasteiger partial charge in [0.1, 0.15) is 0 Å². The van der Waals surface area contributed by atoms with E-state index in [-0.39, 0.29) is 5.60 Å². The molecule has 4 heteroatoms. The Morgan fingerprint density at radius 2 is 2.22 bits per heavy atom. The molecule has 1 rings (SSSR count). The first-order valence-corrected chi connectivity index (χ1v) is 8.24. The molecule has 0 radical (unpaired) electrons. The van der Waals surface area contributed by atoms with E-state index in [9.17, 15) is 0 Å². The van der Waals surface area contributed by atoms with Crippen LogP contribution >= 0.6 is 27.3 Å². The summed E-state index contributed by atoms with van der Waals surface area (Å²) in [5.74, 6) is 0. The number of methoxy groups -OCH3 is 1. The maximum atomic E-state index is 5.76. The molecule has 0 spiro atoms. The zero-order chi connectivity index (χ0) is 13.6. The van der Waals surface area contributed by atoms with E-state index in [0.717, 1.165) is 25.8 Å². The number of rotatable bonds is 8. The molecule has 2 nitrogen and oxygen atoms in total. The smallest absolute Gasteiger partial charge is 0.0803 e. The lowest BCUT2D eigenvalue weighted by molar-refractivity contribution is -0.0285. The van der Waals surface area contributed by atoms with Gasteiger partial charge in [0.05, 0.1) is 5.60 Å². The molecule has 104 valence electrons. The molecule has 18 heavy (non-hydrogen) atoms. The Hall–Kier alpha value is 0.1000. The summed E-state index contributed by atoms with van der Waals surface area (Å²) >= 11 is 5.32. The Morgan fingerprint density at radius 1 is 1.50 bits per heavy atom. The fraction of sp³-hybridized carbons (Fsp3) is 0.714. The monoisotopic (exact) mass is 333 g/mol. The van der Waals surface area contributed by atoms with Crippen LogP contribution in [-0.4, -0.2) is 25.3 Å². The van der Waals surface area contributed by atoms with Gasteiger partial charge in [0.15, 0.2) is 0 Å². The van der Waals surface area contributed by atoms with Gasteiger partial charge >= 0.3 is 0 Å². The molecule has 0 amide bonds. The second-order valence-corrected chi connectivity index (χ2v) is 6.72. The molecule has 0 aliphatic rings. The summed E-state index contributed by atoms with van der Waals surface area (Å²) in [6.07, 6.45) is 3.18. The lowest BCUT2D eigenvalue weighted by Crippen LogP contribution is -2.51. The largest absolute Gasteiger partial charge is 0.377 e. The summed E-state index contributed by atoms with van der Waals surface area (Å²) in [6.45, 7) is 7.62. The van der Waals surface area contributed by atoms with Crippen molar-refractivity contribution in [1.82, 2.24) is 5.32 Å². The van der Waals surface area contributed by atoms with E-state index < -0.39 is 0 Å². The highest BCUT2D eigenvalue weighted by Gasteiger charge is 2.32. The normalized spacial score (nSPS) is 16.5. The van der Waals surface area contributed by atoms with Crippen molar-refractivity contribution in [3.8, 4) is 0 Å². The summed E-state index contributed by atoms with van der Waals surface area (Å²) in [5.41, 5.74) is -0.106. The molecular weight excluding hydrogens is 310 g/mol. The Bertz CT molecular complexity index is 349. The van der Waals surface area contributed by atoms with Gasteiger partial charge < -0.3 is 10.1 Å². The molecule has 0 saturated carbocycles. The Morgan fingerprint density at radius 3 is 2.67 bits per heavy atom. The fourth-order valence-electron chi connectivity index (χ4n) is 2.02.